The third kappa shape index (κ3) is 4.99. The molecule has 1 aromatic carbocycles. The highest BCUT2D eigenvalue weighted by Crippen LogP contribution is 2.33. The van der Waals surface area contributed by atoms with E-state index >= 15 is 0 Å². The van der Waals surface area contributed by atoms with Gasteiger partial charge in [-0.1, -0.05) is 11.6 Å². The van der Waals surface area contributed by atoms with Crippen LogP contribution in [0.25, 0.3) is 0 Å². The van der Waals surface area contributed by atoms with Gasteiger partial charge in [0.15, 0.2) is 11.1 Å². The Morgan fingerprint density at radius 1 is 1.46 bits per heavy atom. The normalized spacial score (nSPS) is 17.0. The van der Waals surface area contributed by atoms with Crippen molar-refractivity contribution in [2.45, 2.75) is 19.0 Å². The molecule has 1 unspecified atom stereocenters. The van der Waals surface area contributed by atoms with Gasteiger partial charge in [0.25, 0.3) is 0 Å². The smallest absolute Gasteiger partial charge is 0.191 e. The average molecular weight is 423 g/mol. The van der Waals surface area contributed by atoms with Crippen molar-refractivity contribution in [3.05, 3.63) is 34.3 Å². The molecule has 1 saturated heterocycles. The van der Waals surface area contributed by atoms with Gasteiger partial charge < -0.3 is 25.2 Å². The molecule has 1 atom stereocenters. The van der Waals surface area contributed by atoms with Crippen LogP contribution >= 0.6 is 22.9 Å². The van der Waals surface area contributed by atoms with Crippen LogP contribution in [0.3, 0.4) is 0 Å². The van der Waals surface area contributed by atoms with E-state index in [-0.39, 0.29) is 0 Å². The molecule has 0 spiro atoms. The number of anilines is 2. The summed E-state index contributed by atoms with van der Waals surface area (Å²) in [4.78, 5) is 13.2. The van der Waals surface area contributed by atoms with E-state index in [9.17, 15) is 0 Å². The van der Waals surface area contributed by atoms with E-state index in [1.807, 2.05) is 37.2 Å². The van der Waals surface area contributed by atoms with Gasteiger partial charge in [-0.25, -0.2) is 4.98 Å². The number of guanidine groups is 1. The molecule has 9 heteroatoms. The lowest BCUT2D eigenvalue weighted by atomic mass is 10.2. The van der Waals surface area contributed by atoms with Crippen LogP contribution in [-0.4, -0.2) is 58.3 Å². The summed E-state index contributed by atoms with van der Waals surface area (Å²) in [6.07, 6.45) is 1.01. The van der Waals surface area contributed by atoms with Crippen LogP contribution in [0.2, 0.25) is 5.02 Å². The van der Waals surface area contributed by atoms with Crippen LogP contribution in [-0.2, 0) is 6.54 Å². The summed E-state index contributed by atoms with van der Waals surface area (Å²) >= 11 is 7.82. The highest BCUT2D eigenvalue weighted by molar-refractivity contribution is 7.13. The predicted molar refractivity (Wildman–Crippen MR) is 118 cm³/mol. The van der Waals surface area contributed by atoms with Crippen molar-refractivity contribution in [1.82, 2.24) is 15.6 Å². The van der Waals surface area contributed by atoms with Gasteiger partial charge in [0.2, 0.25) is 0 Å². The fourth-order valence-electron chi connectivity index (χ4n) is 3.15. The zero-order chi connectivity index (χ0) is 20.1. The van der Waals surface area contributed by atoms with E-state index in [1.54, 1.807) is 25.5 Å². The molecular weight excluding hydrogens is 396 g/mol. The second-order valence-corrected chi connectivity index (χ2v) is 8.11. The number of thiazole rings is 1. The molecule has 1 fully saturated rings. The Labute approximate surface area is 175 Å². The van der Waals surface area contributed by atoms with E-state index in [1.165, 1.54) is 0 Å². The van der Waals surface area contributed by atoms with Crippen molar-refractivity contribution in [1.29, 1.82) is 0 Å². The lowest BCUT2D eigenvalue weighted by Crippen LogP contribution is -2.44. The van der Waals surface area contributed by atoms with Crippen molar-refractivity contribution < 1.29 is 4.74 Å². The summed E-state index contributed by atoms with van der Waals surface area (Å²) in [6.45, 7) is 2.44. The summed E-state index contributed by atoms with van der Waals surface area (Å²) < 4.78 is 5.49. The summed E-state index contributed by atoms with van der Waals surface area (Å²) in [5.74, 6) is 1.62. The first-order chi connectivity index (χ1) is 13.5. The standard InChI is InChI=1S/C19H27ClN6OS/c1-21-18(22-10-15-12-28-19(24-15)25(2)3)23-14-7-8-26(11-14)16-9-13(20)5-6-17(16)27-4/h5-6,9,12,14H,7-8,10-11H2,1-4H3,(H2,21,22,23). The minimum Gasteiger partial charge on any atom is -0.495 e. The minimum atomic E-state index is 0.294. The number of benzene rings is 1. The molecule has 0 aliphatic carbocycles. The molecule has 1 aliphatic heterocycles. The number of methoxy groups -OCH3 is 1. The fraction of sp³-hybridized carbons (Fsp3) is 0.474. The quantitative estimate of drug-likeness (QED) is 0.551. The van der Waals surface area contributed by atoms with Crippen molar-refractivity contribution in [2.24, 2.45) is 4.99 Å². The largest absolute Gasteiger partial charge is 0.495 e. The van der Waals surface area contributed by atoms with Gasteiger partial charge in [0.1, 0.15) is 5.75 Å². The number of aromatic nitrogens is 1. The molecule has 1 aromatic heterocycles. The molecule has 2 heterocycles. The van der Waals surface area contributed by atoms with Gasteiger partial charge >= 0.3 is 0 Å². The highest BCUT2D eigenvalue weighted by Gasteiger charge is 2.25. The number of hydrogen-bond donors (Lipinski definition) is 2. The second kappa shape index (κ2) is 9.34. The van der Waals surface area contributed by atoms with Gasteiger partial charge in [-0.2, -0.15) is 0 Å². The van der Waals surface area contributed by atoms with Crippen LogP contribution in [0, 0.1) is 0 Å². The molecule has 7 nitrogen and oxygen atoms in total. The first-order valence-corrected chi connectivity index (χ1v) is 10.4. The molecule has 0 radical (unpaired) electrons. The summed E-state index contributed by atoms with van der Waals surface area (Å²) in [7, 11) is 7.47. The number of aliphatic imine (C=N–C) groups is 1. The van der Waals surface area contributed by atoms with E-state index < -0.39 is 0 Å². The predicted octanol–water partition coefficient (Wildman–Crippen LogP) is 2.82. The highest BCUT2D eigenvalue weighted by atomic mass is 35.5. The van der Waals surface area contributed by atoms with E-state index in [2.05, 4.69) is 30.9 Å². The van der Waals surface area contributed by atoms with E-state index in [0.29, 0.717) is 17.6 Å². The van der Waals surface area contributed by atoms with Crippen LogP contribution in [0.1, 0.15) is 12.1 Å². The number of ether oxygens (including phenoxy) is 1. The maximum Gasteiger partial charge on any atom is 0.191 e. The van der Waals surface area contributed by atoms with Crippen LogP contribution in [0.5, 0.6) is 5.75 Å². The SMILES string of the molecule is CN=C(NCc1csc(N(C)C)n1)NC1CCN(c2cc(Cl)ccc2OC)C1. The minimum absolute atomic E-state index is 0.294. The van der Waals surface area contributed by atoms with E-state index in [0.717, 1.165) is 47.7 Å². The molecule has 3 rings (SSSR count). The monoisotopic (exact) mass is 422 g/mol. The second-order valence-electron chi connectivity index (χ2n) is 6.83. The molecule has 2 N–H and O–H groups in total. The lowest BCUT2D eigenvalue weighted by molar-refractivity contribution is 0.415. The van der Waals surface area contributed by atoms with Crippen LogP contribution in [0.15, 0.2) is 28.6 Å². The molecule has 0 amide bonds. The Morgan fingerprint density at radius 3 is 2.96 bits per heavy atom. The molecule has 0 bridgehead atoms. The van der Waals surface area contributed by atoms with Crippen molar-refractivity contribution in [3.8, 4) is 5.75 Å². The number of rotatable bonds is 6. The van der Waals surface area contributed by atoms with Crippen LogP contribution in [0.4, 0.5) is 10.8 Å². The Balaban J connectivity index is 1.55. The first-order valence-electron chi connectivity index (χ1n) is 9.17. The Hall–Kier alpha value is -2.19. The molecule has 152 valence electrons. The Morgan fingerprint density at radius 2 is 2.29 bits per heavy atom. The molecule has 2 aromatic rings. The molecular formula is C19H27ClN6OS. The third-order valence-corrected chi connectivity index (χ3v) is 5.89. The number of nitrogens with one attached hydrogen (secondary N) is 2. The zero-order valence-electron chi connectivity index (χ0n) is 16.7. The van der Waals surface area contributed by atoms with Gasteiger partial charge in [-0.05, 0) is 24.6 Å². The molecule has 28 heavy (non-hydrogen) atoms. The van der Waals surface area contributed by atoms with Gasteiger partial charge in [-0.15, -0.1) is 11.3 Å². The molecule has 0 saturated carbocycles. The number of halogens is 1. The van der Waals surface area contributed by atoms with E-state index in [4.69, 9.17) is 16.3 Å². The van der Waals surface area contributed by atoms with Gasteiger partial charge in [0, 0.05) is 50.7 Å². The summed E-state index contributed by atoms with van der Waals surface area (Å²) in [5, 5.41) is 10.6. The Kier molecular flexibility index (Phi) is 6.85. The maximum absolute atomic E-state index is 6.18. The molecule has 1 aliphatic rings. The lowest BCUT2D eigenvalue weighted by Gasteiger charge is -2.22. The van der Waals surface area contributed by atoms with Crippen LogP contribution < -0.4 is 25.2 Å². The fourth-order valence-corrected chi connectivity index (χ4v) is 4.08. The Bertz CT molecular complexity index is 825. The van der Waals surface area contributed by atoms with Gasteiger partial charge in [0.05, 0.1) is 25.0 Å². The van der Waals surface area contributed by atoms with Crippen molar-refractivity contribution >= 4 is 39.7 Å². The summed E-state index contributed by atoms with van der Waals surface area (Å²) in [6, 6.07) is 6.01. The topological polar surface area (TPSA) is 65.0 Å². The number of hydrogen-bond acceptors (Lipinski definition) is 6. The third-order valence-electron chi connectivity index (χ3n) is 4.59. The average Bonchev–Trinajstić information content (AvgIpc) is 3.34. The maximum atomic E-state index is 6.18. The first kappa shape index (κ1) is 20.5. The zero-order valence-corrected chi connectivity index (χ0v) is 18.3. The summed E-state index contributed by atoms with van der Waals surface area (Å²) in [5.41, 5.74) is 2.04. The van der Waals surface area contributed by atoms with Crippen molar-refractivity contribution in [2.75, 3.05) is 51.1 Å². The van der Waals surface area contributed by atoms with Crippen molar-refractivity contribution in [3.63, 3.8) is 0 Å². The van der Waals surface area contributed by atoms with Gasteiger partial charge in [-0.3, -0.25) is 4.99 Å². The number of nitrogens with zero attached hydrogens (tertiary/aromatic N) is 4.